The molecule has 3 heteroatoms. The van der Waals surface area contributed by atoms with Crippen molar-refractivity contribution in [2.24, 2.45) is 5.73 Å². The lowest BCUT2D eigenvalue weighted by Gasteiger charge is -2.22. The molecule has 1 unspecified atom stereocenters. The molecule has 0 saturated carbocycles. The molecule has 2 rings (SSSR count). The van der Waals surface area contributed by atoms with Gasteiger partial charge in [-0.1, -0.05) is 28.1 Å². The number of rotatable bonds is 4. The Bertz CT molecular complexity index is 317. The first-order valence-electron chi connectivity index (χ1n) is 5.97. The highest BCUT2D eigenvalue weighted by atomic mass is 79.9. The van der Waals surface area contributed by atoms with Crippen LogP contribution in [-0.2, 0) is 0 Å². The highest BCUT2D eigenvalue weighted by Gasteiger charge is 2.17. The lowest BCUT2D eigenvalue weighted by Crippen LogP contribution is -2.29. The molecule has 0 aliphatic carbocycles. The van der Waals surface area contributed by atoms with Crippen molar-refractivity contribution in [3.8, 4) is 0 Å². The Kier molecular flexibility index (Phi) is 4.38. The SMILES string of the molecule is NCC(CN1CCCC1)c1ccc(Br)cc1. The summed E-state index contributed by atoms with van der Waals surface area (Å²) in [4.78, 5) is 2.53. The molecular formula is C13H19BrN2. The quantitative estimate of drug-likeness (QED) is 0.920. The first kappa shape index (κ1) is 12.1. The van der Waals surface area contributed by atoms with Gasteiger partial charge in [0.05, 0.1) is 0 Å². The average molecular weight is 283 g/mol. The van der Waals surface area contributed by atoms with Gasteiger partial charge in [0.25, 0.3) is 0 Å². The Morgan fingerprint density at radius 1 is 1.19 bits per heavy atom. The van der Waals surface area contributed by atoms with Crippen LogP contribution < -0.4 is 5.73 Å². The maximum absolute atomic E-state index is 5.88. The van der Waals surface area contributed by atoms with Gasteiger partial charge in [-0.3, -0.25) is 0 Å². The third-order valence-electron chi connectivity index (χ3n) is 3.30. The van der Waals surface area contributed by atoms with Gasteiger partial charge in [-0.15, -0.1) is 0 Å². The van der Waals surface area contributed by atoms with Gasteiger partial charge in [-0.2, -0.15) is 0 Å². The van der Waals surface area contributed by atoms with Crippen molar-refractivity contribution in [2.45, 2.75) is 18.8 Å². The van der Waals surface area contributed by atoms with Crippen LogP contribution in [0.4, 0.5) is 0 Å². The topological polar surface area (TPSA) is 29.3 Å². The van der Waals surface area contributed by atoms with Crippen molar-refractivity contribution < 1.29 is 0 Å². The monoisotopic (exact) mass is 282 g/mol. The molecular weight excluding hydrogens is 264 g/mol. The van der Waals surface area contributed by atoms with Crippen LogP contribution in [0, 0.1) is 0 Å². The van der Waals surface area contributed by atoms with Crippen molar-refractivity contribution in [3.05, 3.63) is 34.3 Å². The summed E-state index contributed by atoms with van der Waals surface area (Å²) in [5.74, 6) is 0.478. The molecule has 0 amide bonds. The van der Waals surface area contributed by atoms with E-state index in [1.165, 1.54) is 31.5 Å². The number of halogens is 1. The van der Waals surface area contributed by atoms with Gasteiger partial charge < -0.3 is 10.6 Å². The van der Waals surface area contributed by atoms with Crippen LogP contribution in [0.3, 0.4) is 0 Å². The number of benzene rings is 1. The van der Waals surface area contributed by atoms with Crippen LogP contribution in [0.25, 0.3) is 0 Å². The number of nitrogens with zero attached hydrogens (tertiary/aromatic N) is 1. The van der Waals surface area contributed by atoms with Gasteiger partial charge >= 0.3 is 0 Å². The second kappa shape index (κ2) is 5.80. The zero-order chi connectivity index (χ0) is 11.4. The second-order valence-electron chi connectivity index (χ2n) is 4.49. The predicted octanol–water partition coefficient (Wildman–Crippen LogP) is 2.59. The fraction of sp³-hybridized carbons (Fsp3) is 0.538. The summed E-state index contributed by atoms with van der Waals surface area (Å²) < 4.78 is 1.13. The summed E-state index contributed by atoms with van der Waals surface area (Å²) in [6.07, 6.45) is 2.69. The number of hydrogen-bond acceptors (Lipinski definition) is 2. The second-order valence-corrected chi connectivity index (χ2v) is 5.41. The predicted molar refractivity (Wildman–Crippen MR) is 71.6 cm³/mol. The molecule has 2 nitrogen and oxygen atoms in total. The summed E-state index contributed by atoms with van der Waals surface area (Å²) in [6.45, 7) is 4.33. The first-order valence-corrected chi connectivity index (χ1v) is 6.77. The van der Waals surface area contributed by atoms with Gasteiger partial charge in [0.15, 0.2) is 0 Å². The molecule has 0 bridgehead atoms. The van der Waals surface area contributed by atoms with Crippen molar-refractivity contribution in [2.75, 3.05) is 26.2 Å². The van der Waals surface area contributed by atoms with E-state index in [0.29, 0.717) is 5.92 Å². The third kappa shape index (κ3) is 3.06. The van der Waals surface area contributed by atoms with Gasteiger partial charge in [-0.25, -0.2) is 0 Å². The smallest absolute Gasteiger partial charge is 0.0175 e. The first-order chi connectivity index (χ1) is 7.79. The summed E-state index contributed by atoms with van der Waals surface area (Å²) in [7, 11) is 0. The zero-order valence-corrected chi connectivity index (χ0v) is 11.1. The molecule has 16 heavy (non-hydrogen) atoms. The number of hydrogen-bond donors (Lipinski definition) is 1. The fourth-order valence-electron chi connectivity index (χ4n) is 2.33. The molecule has 0 spiro atoms. The molecule has 1 aromatic rings. The van der Waals surface area contributed by atoms with E-state index in [1.807, 2.05) is 0 Å². The highest BCUT2D eigenvalue weighted by molar-refractivity contribution is 9.10. The van der Waals surface area contributed by atoms with Crippen LogP contribution in [0.1, 0.15) is 24.3 Å². The van der Waals surface area contributed by atoms with Gasteiger partial charge in [0.2, 0.25) is 0 Å². The molecule has 2 N–H and O–H groups in total. The lowest BCUT2D eigenvalue weighted by atomic mass is 9.99. The van der Waals surface area contributed by atoms with Gasteiger partial charge in [0.1, 0.15) is 0 Å². The van der Waals surface area contributed by atoms with Crippen molar-refractivity contribution in [1.29, 1.82) is 0 Å². The molecule has 1 aromatic carbocycles. The minimum Gasteiger partial charge on any atom is -0.330 e. The molecule has 1 aliphatic heterocycles. The Labute approximate surface area is 106 Å². The summed E-state index contributed by atoms with van der Waals surface area (Å²) in [6, 6.07) is 8.55. The Morgan fingerprint density at radius 3 is 2.38 bits per heavy atom. The molecule has 1 saturated heterocycles. The van der Waals surface area contributed by atoms with E-state index in [4.69, 9.17) is 5.73 Å². The lowest BCUT2D eigenvalue weighted by molar-refractivity contribution is 0.315. The van der Waals surface area contributed by atoms with E-state index in [0.717, 1.165) is 17.6 Å². The largest absolute Gasteiger partial charge is 0.330 e. The molecule has 88 valence electrons. The van der Waals surface area contributed by atoms with Crippen LogP contribution in [0.2, 0.25) is 0 Å². The summed E-state index contributed by atoms with van der Waals surface area (Å²) in [5.41, 5.74) is 7.24. The standard InChI is InChI=1S/C13H19BrN2/c14-13-5-3-11(4-6-13)12(9-15)10-16-7-1-2-8-16/h3-6,12H,1-2,7-10,15H2. The van der Waals surface area contributed by atoms with E-state index in [-0.39, 0.29) is 0 Å². The average Bonchev–Trinajstić information content (AvgIpc) is 2.80. The third-order valence-corrected chi connectivity index (χ3v) is 3.83. The van der Waals surface area contributed by atoms with Crippen LogP contribution >= 0.6 is 15.9 Å². The van der Waals surface area contributed by atoms with Crippen molar-refractivity contribution in [1.82, 2.24) is 4.90 Å². The van der Waals surface area contributed by atoms with Crippen LogP contribution in [0.15, 0.2) is 28.7 Å². The molecule has 1 fully saturated rings. The minimum atomic E-state index is 0.478. The molecule has 0 radical (unpaired) electrons. The van der Waals surface area contributed by atoms with E-state index in [9.17, 15) is 0 Å². The molecule has 1 atom stereocenters. The maximum atomic E-state index is 5.88. The van der Waals surface area contributed by atoms with Crippen LogP contribution in [-0.4, -0.2) is 31.1 Å². The van der Waals surface area contributed by atoms with Crippen molar-refractivity contribution >= 4 is 15.9 Å². The van der Waals surface area contributed by atoms with E-state index in [2.05, 4.69) is 45.1 Å². The number of likely N-dealkylation sites (tertiary alicyclic amines) is 1. The summed E-state index contributed by atoms with van der Waals surface area (Å²) >= 11 is 3.46. The highest BCUT2D eigenvalue weighted by Crippen LogP contribution is 2.20. The molecule has 1 heterocycles. The fourth-order valence-corrected chi connectivity index (χ4v) is 2.59. The van der Waals surface area contributed by atoms with Crippen molar-refractivity contribution in [3.63, 3.8) is 0 Å². The number of nitrogens with two attached hydrogens (primary N) is 1. The van der Waals surface area contributed by atoms with E-state index in [1.54, 1.807) is 0 Å². The molecule has 0 aromatic heterocycles. The van der Waals surface area contributed by atoms with Gasteiger partial charge in [0, 0.05) is 23.5 Å². The Hall–Kier alpha value is -0.380. The molecule has 1 aliphatic rings. The Balaban J connectivity index is 2.00. The minimum absolute atomic E-state index is 0.478. The van der Waals surface area contributed by atoms with Gasteiger partial charge in [-0.05, 0) is 43.6 Å². The normalized spacial score (nSPS) is 18.9. The van der Waals surface area contributed by atoms with E-state index >= 15 is 0 Å². The van der Waals surface area contributed by atoms with E-state index < -0.39 is 0 Å². The maximum Gasteiger partial charge on any atom is 0.0175 e. The Morgan fingerprint density at radius 2 is 1.81 bits per heavy atom. The zero-order valence-electron chi connectivity index (χ0n) is 9.53. The van der Waals surface area contributed by atoms with Crippen LogP contribution in [0.5, 0.6) is 0 Å². The summed E-state index contributed by atoms with van der Waals surface area (Å²) in [5, 5.41) is 0.